The second-order valence-corrected chi connectivity index (χ2v) is 3.43. The third-order valence-corrected chi connectivity index (χ3v) is 2.12. The van der Waals surface area contributed by atoms with Crippen molar-refractivity contribution < 1.29 is 23.7 Å². The van der Waals surface area contributed by atoms with Gasteiger partial charge in [0.1, 0.15) is 19.7 Å². The minimum atomic E-state index is -0.596. The first kappa shape index (κ1) is 15.5. The summed E-state index contributed by atoms with van der Waals surface area (Å²) in [5.41, 5.74) is 0. The Bertz CT molecular complexity index is 154. The lowest BCUT2D eigenvalue weighted by Crippen LogP contribution is -2.34. The molecule has 0 aliphatic heterocycles. The van der Waals surface area contributed by atoms with Crippen molar-refractivity contribution in [2.75, 3.05) is 27.8 Å². The second kappa shape index (κ2) is 11.0. The molecule has 5 nitrogen and oxygen atoms in total. The predicted octanol–water partition coefficient (Wildman–Crippen LogP) is 1.35. The van der Waals surface area contributed by atoms with E-state index in [1.165, 1.54) is 7.11 Å². The summed E-state index contributed by atoms with van der Waals surface area (Å²) < 4.78 is 20.2. The largest absolute Gasteiger partial charge is 0.359 e. The minimum Gasteiger partial charge on any atom is -0.359 e. The van der Waals surface area contributed by atoms with Crippen LogP contribution in [0.15, 0.2) is 0 Å². The van der Waals surface area contributed by atoms with Crippen LogP contribution in [0.4, 0.5) is 0 Å². The maximum absolute atomic E-state index is 10.9. The summed E-state index contributed by atoms with van der Waals surface area (Å²) in [5, 5.41) is 0. The number of unbranched alkanes of at least 4 members (excludes halogenated alkanes) is 1. The molecule has 2 atom stereocenters. The molecule has 96 valence electrons. The Morgan fingerprint density at radius 1 is 1.12 bits per heavy atom. The summed E-state index contributed by atoms with van der Waals surface area (Å²) in [6.45, 7) is 2.33. The van der Waals surface area contributed by atoms with Gasteiger partial charge in [-0.1, -0.05) is 19.8 Å². The molecule has 0 saturated carbocycles. The molecule has 0 aromatic heterocycles. The zero-order chi connectivity index (χ0) is 12.2. The van der Waals surface area contributed by atoms with E-state index in [2.05, 4.69) is 6.92 Å². The van der Waals surface area contributed by atoms with Gasteiger partial charge in [-0.25, -0.2) is 0 Å². The molecule has 0 rings (SSSR count). The van der Waals surface area contributed by atoms with Gasteiger partial charge in [-0.15, -0.1) is 0 Å². The van der Waals surface area contributed by atoms with Crippen molar-refractivity contribution in [3.05, 3.63) is 0 Å². The molecular weight excluding hydrogens is 212 g/mol. The zero-order valence-electron chi connectivity index (χ0n) is 10.3. The maximum atomic E-state index is 10.9. The fourth-order valence-electron chi connectivity index (χ4n) is 1.28. The van der Waals surface area contributed by atoms with Crippen molar-refractivity contribution >= 4 is 6.29 Å². The van der Waals surface area contributed by atoms with Gasteiger partial charge >= 0.3 is 0 Å². The van der Waals surface area contributed by atoms with Gasteiger partial charge in [0.05, 0.1) is 6.10 Å². The molecule has 0 radical (unpaired) electrons. The topological polar surface area (TPSA) is 54.0 Å². The summed E-state index contributed by atoms with van der Waals surface area (Å²) in [7, 11) is 3.06. The molecule has 0 aromatic carbocycles. The van der Waals surface area contributed by atoms with E-state index in [9.17, 15) is 4.79 Å². The fraction of sp³-hybridized carbons (Fsp3) is 0.909. The van der Waals surface area contributed by atoms with Crippen LogP contribution in [0.5, 0.6) is 0 Å². The van der Waals surface area contributed by atoms with E-state index in [1.807, 2.05) is 0 Å². The zero-order valence-corrected chi connectivity index (χ0v) is 10.3. The first-order valence-electron chi connectivity index (χ1n) is 5.46. The van der Waals surface area contributed by atoms with Crippen LogP contribution in [0.25, 0.3) is 0 Å². The van der Waals surface area contributed by atoms with Gasteiger partial charge in [0.25, 0.3) is 0 Å². The van der Waals surface area contributed by atoms with Crippen molar-refractivity contribution in [1.29, 1.82) is 0 Å². The van der Waals surface area contributed by atoms with E-state index in [0.717, 1.165) is 25.5 Å². The Kier molecular flexibility index (Phi) is 10.7. The number of carbonyl (C=O) groups excluding carboxylic acids is 1. The number of hydrogen-bond donors (Lipinski definition) is 0. The first-order chi connectivity index (χ1) is 7.79. The molecule has 0 heterocycles. The van der Waals surface area contributed by atoms with Gasteiger partial charge in [-0.05, 0) is 6.42 Å². The molecular formula is C11H22O5. The summed E-state index contributed by atoms with van der Waals surface area (Å²) in [4.78, 5) is 10.9. The number of carbonyl (C=O) groups is 1. The Balaban J connectivity index is 4.12. The highest BCUT2D eigenvalue weighted by atomic mass is 16.7. The molecule has 0 aromatic rings. The van der Waals surface area contributed by atoms with Gasteiger partial charge in [0.15, 0.2) is 6.29 Å². The first-order valence-corrected chi connectivity index (χ1v) is 5.46. The van der Waals surface area contributed by atoms with Crippen molar-refractivity contribution in [1.82, 2.24) is 0 Å². The number of methoxy groups -OCH3 is 2. The molecule has 0 spiro atoms. The summed E-state index contributed by atoms with van der Waals surface area (Å²) in [6, 6.07) is 0. The van der Waals surface area contributed by atoms with Crippen molar-refractivity contribution in [3.63, 3.8) is 0 Å². The van der Waals surface area contributed by atoms with Gasteiger partial charge in [0, 0.05) is 14.2 Å². The van der Waals surface area contributed by atoms with Crippen LogP contribution in [0, 0.1) is 0 Å². The number of rotatable bonds is 11. The molecule has 0 saturated heterocycles. The molecule has 0 aliphatic carbocycles. The Labute approximate surface area is 97.0 Å². The van der Waals surface area contributed by atoms with Crippen LogP contribution in [-0.4, -0.2) is 46.3 Å². The van der Waals surface area contributed by atoms with Gasteiger partial charge in [-0.2, -0.15) is 0 Å². The molecule has 5 heteroatoms. The Morgan fingerprint density at radius 3 is 2.25 bits per heavy atom. The van der Waals surface area contributed by atoms with Crippen LogP contribution < -0.4 is 0 Å². The standard InChI is InChI=1S/C11H22O5/c1-4-5-6-10(15-8-13-2)11(7-12)16-9-14-3/h7,10-11H,4-6,8-9H2,1-3H3/t10-,11-/m0/s1. The summed E-state index contributed by atoms with van der Waals surface area (Å²) in [6.07, 6.45) is 2.67. The van der Waals surface area contributed by atoms with Crippen LogP contribution in [0.2, 0.25) is 0 Å². The lowest BCUT2D eigenvalue weighted by atomic mass is 10.1. The van der Waals surface area contributed by atoms with Crippen LogP contribution in [-0.2, 0) is 23.7 Å². The Morgan fingerprint density at radius 2 is 1.75 bits per heavy atom. The number of aldehydes is 1. The number of hydrogen-bond acceptors (Lipinski definition) is 5. The van der Waals surface area contributed by atoms with E-state index in [0.29, 0.717) is 0 Å². The smallest absolute Gasteiger partial charge is 0.151 e. The highest BCUT2D eigenvalue weighted by Crippen LogP contribution is 2.11. The van der Waals surface area contributed by atoms with Crippen molar-refractivity contribution in [3.8, 4) is 0 Å². The van der Waals surface area contributed by atoms with Gasteiger partial charge in [0.2, 0.25) is 0 Å². The second-order valence-electron chi connectivity index (χ2n) is 3.43. The van der Waals surface area contributed by atoms with Crippen LogP contribution >= 0.6 is 0 Å². The van der Waals surface area contributed by atoms with Crippen LogP contribution in [0.1, 0.15) is 26.2 Å². The lowest BCUT2D eigenvalue weighted by Gasteiger charge is -2.22. The van der Waals surface area contributed by atoms with Crippen LogP contribution in [0.3, 0.4) is 0 Å². The molecule has 0 bridgehead atoms. The molecule has 0 unspecified atom stereocenters. The van der Waals surface area contributed by atoms with Gasteiger partial charge in [-0.3, -0.25) is 0 Å². The van der Waals surface area contributed by atoms with E-state index in [1.54, 1.807) is 7.11 Å². The van der Waals surface area contributed by atoms with E-state index >= 15 is 0 Å². The highest BCUT2D eigenvalue weighted by Gasteiger charge is 2.22. The maximum Gasteiger partial charge on any atom is 0.151 e. The average Bonchev–Trinajstić information content (AvgIpc) is 2.32. The third-order valence-electron chi connectivity index (χ3n) is 2.12. The SMILES string of the molecule is CCCC[C@H](OCOC)[C@H](C=O)OCOC. The molecule has 0 amide bonds. The Hall–Kier alpha value is -0.490. The molecule has 0 fully saturated rings. The lowest BCUT2D eigenvalue weighted by molar-refractivity contribution is -0.163. The molecule has 16 heavy (non-hydrogen) atoms. The number of ether oxygens (including phenoxy) is 4. The average molecular weight is 234 g/mol. The van der Waals surface area contributed by atoms with E-state index in [-0.39, 0.29) is 19.7 Å². The van der Waals surface area contributed by atoms with Gasteiger partial charge < -0.3 is 23.7 Å². The van der Waals surface area contributed by atoms with Crippen molar-refractivity contribution in [2.24, 2.45) is 0 Å². The predicted molar refractivity (Wildman–Crippen MR) is 59.1 cm³/mol. The van der Waals surface area contributed by atoms with Crippen molar-refractivity contribution in [2.45, 2.75) is 38.4 Å². The molecule has 0 aliphatic rings. The minimum absolute atomic E-state index is 0.0857. The fourth-order valence-corrected chi connectivity index (χ4v) is 1.28. The monoisotopic (exact) mass is 234 g/mol. The van der Waals surface area contributed by atoms with E-state index < -0.39 is 6.10 Å². The highest BCUT2D eigenvalue weighted by molar-refractivity contribution is 5.57. The quantitative estimate of drug-likeness (QED) is 0.399. The molecule has 0 N–H and O–H groups in total. The van der Waals surface area contributed by atoms with E-state index in [4.69, 9.17) is 18.9 Å². The summed E-state index contributed by atoms with van der Waals surface area (Å²) >= 11 is 0. The normalized spacial score (nSPS) is 14.7. The summed E-state index contributed by atoms with van der Waals surface area (Å²) in [5.74, 6) is 0. The third kappa shape index (κ3) is 6.90.